The maximum atomic E-state index is 13.6. The summed E-state index contributed by atoms with van der Waals surface area (Å²) in [7, 11) is 2.21. The van der Waals surface area contributed by atoms with Gasteiger partial charge in [-0.1, -0.05) is 91.0 Å². The maximum absolute atomic E-state index is 13.6. The average Bonchev–Trinajstić information content (AvgIpc) is 2.95. The lowest BCUT2D eigenvalue weighted by Gasteiger charge is -2.46. The minimum atomic E-state index is 0.0889. The summed E-state index contributed by atoms with van der Waals surface area (Å²) in [4.78, 5) is 20.8. The van der Waals surface area contributed by atoms with Crippen LogP contribution in [0.25, 0.3) is 0 Å². The van der Waals surface area contributed by atoms with Gasteiger partial charge in [0.25, 0.3) is 0 Å². The highest BCUT2D eigenvalue weighted by molar-refractivity contribution is 5.78. The Morgan fingerprint density at radius 2 is 1.22 bits per heavy atom. The summed E-state index contributed by atoms with van der Waals surface area (Å²) >= 11 is 0. The summed E-state index contributed by atoms with van der Waals surface area (Å²) in [5, 5.41) is 0. The molecule has 0 aliphatic carbocycles. The standard InChI is InChI=1S/C32H39N3O/c1-33-21-23-34(24-22-33)26-32(29-15-9-4-10-16-29)17-19-35(20-18-32)31(36)25-30(27-11-5-2-6-12-27)28-13-7-3-8-14-28/h2-16,30H,17-26H2,1H3. The Balaban J connectivity index is 1.30. The molecule has 188 valence electrons. The van der Waals surface area contributed by atoms with Crippen LogP contribution in [0.5, 0.6) is 0 Å². The molecular formula is C32H39N3O. The third kappa shape index (κ3) is 5.71. The molecule has 4 heteroatoms. The molecule has 2 aliphatic heterocycles. The number of piperazine rings is 1. The summed E-state index contributed by atoms with van der Waals surface area (Å²) < 4.78 is 0. The second-order valence-electron chi connectivity index (χ2n) is 10.7. The highest BCUT2D eigenvalue weighted by Crippen LogP contribution is 2.38. The monoisotopic (exact) mass is 481 g/mol. The Morgan fingerprint density at radius 3 is 1.75 bits per heavy atom. The smallest absolute Gasteiger partial charge is 0.223 e. The Labute approximate surface area is 216 Å². The largest absolute Gasteiger partial charge is 0.343 e. The van der Waals surface area contributed by atoms with Gasteiger partial charge in [0.1, 0.15) is 0 Å². The van der Waals surface area contributed by atoms with Gasteiger partial charge in [-0.05, 0) is 36.6 Å². The van der Waals surface area contributed by atoms with Crippen LogP contribution >= 0.6 is 0 Å². The Hall–Kier alpha value is -2.95. The number of hydrogen-bond donors (Lipinski definition) is 0. The molecule has 3 aromatic rings. The van der Waals surface area contributed by atoms with E-state index in [0.29, 0.717) is 6.42 Å². The molecule has 0 radical (unpaired) electrons. The number of rotatable bonds is 7. The van der Waals surface area contributed by atoms with E-state index in [2.05, 4.69) is 101 Å². The Kier molecular flexibility index (Phi) is 7.84. The lowest BCUT2D eigenvalue weighted by molar-refractivity contribution is -0.133. The third-order valence-corrected chi connectivity index (χ3v) is 8.36. The summed E-state index contributed by atoms with van der Waals surface area (Å²) in [6.45, 7) is 7.28. The molecule has 3 aromatic carbocycles. The molecule has 0 bridgehead atoms. The van der Waals surface area contributed by atoms with Crippen molar-refractivity contribution in [3.8, 4) is 0 Å². The zero-order valence-electron chi connectivity index (χ0n) is 21.6. The molecule has 1 amide bonds. The van der Waals surface area contributed by atoms with E-state index in [4.69, 9.17) is 0 Å². The first kappa shape index (κ1) is 24.7. The molecule has 2 fully saturated rings. The van der Waals surface area contributed by atoms with Gasteiger partial charge >= 0.3 is 0 Å². The number of likely N-dealkylation sites (N-methyl/N-ethyl adjacent to an activating group) is 1. The Bertz CT molecular complexity index is 1050. The van der Waals surface area contributed by atoms with Gasteiger partial charge in [0.2, 0.25) is 5.91 Å². The third-order valence-electron chi connectivity index (χ3n) is 8.36. The van der Waals surface area contributed by atoms with Gasteiger partial charge in [-0.25, -0.2) is 0 Å². The predicted octanol–water partition coefficient (Wildman–Crippen LogP) is 5.02. The molecular weight excluding hydrogens is 442 g/mol. The molecule has 36 heavy (non-hydrogen) atoms. The van der Waals surface area contributed by atoms with Crippen LogP contribution in [-0.4, -0.2) is 73.5 Å². The van der Waals surface area contributed by atoms with Gasteiger partial charge in [-0.15, -0.1) is 0 Å². The molecule has 0 atom stereocenters. The van der Waals surface area contributed by atoms with E-state index >= 15 is 0 Å². The second-order valence-corrected chi connectivity index (χ2v) is 10.7. The van der Waals surface area contributed by atoms with Crippen LogP contribution in [0.2, 0.25) is 0 Å². The van der Waals surface area contributed by atoms with Gasteiger partial charge in [-0.2, -0.15) is 0 Å². The van der Waals surface area contributed by atoms with Crippen molar-refractivity contribution in [3.05, 3.63) is 108 Å². The van der Waals surface area contributed by atoms with Crippen LogP contribution in [0.3, 0.4) is 0 Å². The lowest BCUT2D eigenvalue weighted by Crippen LogP contribution is -2.54. The number of amides is 1. The molecule has 0 unspecified atom stereocenters. The molecule has 2 saturated heterocycles. The van der Waals surface area contributed by atoms with E-state index in [1.54, 1.807) is 0 Å². The van der Waals surface area contributed by atoms with Crippen LogP contribution < -0.4 is 0 Å². The zero-order chi connectivity index (χ0) is 24.8. The van der Waals surface area contributed by atoms with E-state index in [9.17, 15) is 4.79 Å². The van der Waals surface area contributed by atoms with Crippen LogP contribution in [-0.2, 0) is 10.2 Å². The number of nitrogens with zero attached hydrogens (tertiary/aromatic N) is 3. The SMILES string of the molecule is CN1CCN(CC2(c3ccccc3)CCN(C(=O)CC(c3ccccc3)c3ccccc3)CC2)CC1. The van der Waals surface area contributed by atoms with E-state index in [1.165, 1.54) is 16.7 Å². The zero-order valence-corrected chi connectivity index (χ0v) is 21.6. The van der Waals surface area contributed by atoms with E-state index in [0.717, 1.165) is 58.7 Å². The second kappa shape index (κ2) is 11.4. The molecule has 5 rings (SSSR count). The normalized spacial score (nSPS) is 18.9. The molecule has 2 aliphatic rings. The maximum Gasteiger partial charge on any atom is 0.223 e. The molecule has 0 N–H and O–H groups in total. The fourth-order valence-corrected chi connectivity index (χ4v) is 6.05. The number of carbonyl (C=O) groups excluding carboxylic acids is 1. The van der Waals surface area contributed by atoms with Crippen molar-refractivity contribution >= 4 is 5.91 Å². The molecule has 0 saturated carbocycles. The van der Waals surface area contributed by atoms with Crippen molar-refractivity contribution in [2.45, 2.75) is 30.6 Å². The first-order valence-electron chi connectivity index (χ1n) is 13.5. The fraction of sp³-hybridized carbons (Fsp3) is 0.406. The molecule has 0 aromatic heterocycles. The summed E-state index contributed by atoms with van der Waals surface area (Å²) in [6, 6.07) is 32.0. The van der Waals surface area contributed by atoms with Gasteiger partial charge in [0.05, 0.1) is 0 Å². The first-order chi connectivity index (χ1) is 17.6. The van der Waals surface area contributed by atoms with Crippen molar-refractivity contribution in [1.82, 2.24) is 14.7 Å². The van der Waals surface area contributed by atoms with Gasteiger partial charge in [-0.3, -0.25) is 9.69 Å². The van der Waals surface area contributed by atoms with Gasteiger partial charge < -0.3 is 9.80 Å². The summed E-state index contributed by atoms with van der Waals surface area (Å²) in [5.74, 6) is 0.361. The van der Waals surface area contributed by atoms with Gasteiger partial charge in [0.15, 0.2) is 0 Å². The van der Waals surface area contributed by atoms with Crippen LogP contribution in [0.1, 0.15) is 41.9 Å². The van der Waals surface area contributed by atoms with Crippen molar-refractivity contribution < 1.29 is 4.79 Å². The number of piperidine rings is 1. The summed E-state index contributed by atoms with van der Waals surface area (Å²) in [6.07, 6.45) is 2.57. The number of benzene rings is 3. The minimum absolute atomic E-state index is 0.0889. The molecule has 2 heterocycles. The highest BCUT2D eigenvalue weighted by Gasteiger charge is 2.39. The van der Waals surface area contributed by atoms with E-state index in [-0.39, 0.29) is 17.2 Å². The van der Waals surface area contributed by atoms with Crippen molar-refractivity contribution in [3.63, 3.8) is 0 Å². The number of carbonyl (C=O) groups is 1. The molecule has 0 spiro atoms. The quantitative estimate of drug-likeness (QED) is 0.474. The first-order valence-corrected chi connectivity index (χ1v) is 13.5. The fourth-order valence-electron chi connectivity index (χ4n) is 6.05. The predicted molar refractivity (Wildman–Crippen MR) is 147 cm³/mol. The average molecular weight is 482 g/mol. The van der Waals surface area contributed by atoms with Crippen molar-refractivity contribution in [2.75, 3.05) is 52.9 Å². The van der Waals surface area contributed by atoms with Crippen LogP contribution in [0.15, 0.2) is 91.0 Å². The van der Waals surface area contributed by atoms with Crippen LogP contribution in [0, 0.1) is 0 Å². The van der Waals surface area contributed by atoms with E-state index in [1.807, 2.05) is 12.1 Å². The Morgan fingerprint density at radius 1 is 0.722 bits per heavy atom. The van der Waals surface area contributed by atoms with Crippen molar-refractivity contribution in [2.24, 2.45) is 0 Å². The summed E-state index contributed by atoms with van der Waals surface area (Å²) in [5.41, 5.74) is 3.97. The molecule has 4 nitrogen and oxygen atoms in total. The number of likely N-dealkylation sites (tertiary alicyclic amines) is 1. The van der Waals surface area contributed by atoms with E-state index < -0.39 is 0 Å². The van der Waals surface area contributed by atoms with Gasteiger partial charge in [0, 0.05) is 63.6 Å². The topological polar surface area (TPSA) is 26.8 Å². The van der Waals surface area contributed by atoms with Crippen molar-refractivity contribution in [1.29, 1.82) is 0 Å². The minimum Gasteiger partial charge on any atom is -0.343 e. The lowest BCUT2D eigenvalue weighted by atomic mass is 9.72. The number of hydrogen-bond acceptors (Lipinski definition) is 3. The highest BCUT2D eigenvalue weighted by atomic mass is 16.2. The van der Waals surface area contributed by atoms with Crippen LogP contribution in [0.4, 0.5) is 0 Å².